The van der Waals surface area contributed by atoms with Crippen molar-refractivity contribution < 1.29 is 14.7 Å². The second kappa shape index (κ2) is 5.56. The highest BCUT2D eigenvalue weighted by Gasteiger charge is 2.39. The number of tetrazole rings is 1. The van der Waals surface area contributed by atoms with Crippen LogP contribution in [0.2, 0.25) is 0 Å². The lowest BCUT2D eigenvalue weighted by atomic mass is 9.74. The number of piperidine rings is 1. The van der Waals surface area contributed by atoms with E-state index in [9.17, 15) is 14.7 Å². The van der Waals surface area contributed by atoms with Crippen LogP contribution in [0.25, 0.3) is 0 Å². The number of hydrogen-bond donors (Lipinski definition) is 1. The molecule has 0 saturated carbocycles. The maximum Gasteiger partial charge on any atom is 0.309 e. The molecule has 8 nitrogen and oxygen atoms in total. The SMILES string of the molecule is CC(C)(C(=O)O)C1CCCN(C(=O)Cn2cnnn2)C1. The van der Waals surface area contributed by atoms with E-state index in [4.69, 9.17) is 0 Å². The van der Waals surface area contributed by atoms with Gasteiger partial charge in [0.1, 0.15) is 12.9 Å². The van der Waals surface area contributed by atoms with Crippen LogP contribution in [0.3, 0.4) is 0 Å². The summed E-state index contributed by atoms with van der Waals surface area (Å²) in [4.78, 5) is 25.2. The number of nitrogens with zero attached hydrogens (tertiary/aromatic N) is 5. The number of hydrogen-bond acceptors (Lipinski definition) is 5. The van der Waals surface area contributed by atoms with E-state index < -0.39 is 11.4 Å². The molecule has 20 heavy (non-hydrogen) atoms. The molecule has 2 rings (SSSR count). The predicted molar refractivity (Wildman–Crippen MR) is 68.5 cm³/mol. The molecule has 1 fully saturated rings. The Hall–Kier alpha value is -1.99. The fourth-order valence-electron chi connectivity index (χ4n) is 2.46. The summed E-state index contributed by atoms with van der Waals surface area (Å²) in [5.74, 6) is -0.938. The largest absolute Gasteiger partial charge is 0.481 e. The number of likely N-dealkylation sites (tertiary alicyclic amines) is 1. The van der Waals surface area contributed by atoms with Gasteiger partial charge in [0.2, 0.25) is 5.91 Å². The summed E-state index contributed by atoms with van der Waals surface area (Å²) in [5, 5.41) is 19.9. The van der Waals surface area contributed by atoms with Gasteiger partial charge in [-0.15, -0.1) is 5.10 Å². The first-order valence-corrected chi connectivity index (χ1v) is 6.63. The normalized spacial score (nSPS) is 19.9. The van der Waals surface area contributed by atoms with Gasteiger partial charge in [-0.05, 0) is 43.0 Å². The molecule has 110 valence electrons. The molecule has 0 radical (unpaired) electrons. The zero-order valence-corrected chi connectivity index (χ0v) is 11.7. The first-order valence-electron chi connectivity index (χ1n) is 6.63. The second-order valence-corrected chi connectivity index (χ2v) is 5.71. The third-order valence-corrected chi connectivity index (χ3v) is 4.03. The second-order valence-electron chi connectivity index (χ2n) is 5.71. The summed E-state index contributed by atoms with van der Waals surface area (Å²) in [6.07, 6.45) is 3.04. The molecule has 0 aliphatic carbocycles. The number of carbonyl (C=O) groups is 2. The fraction of sp³-hybridized carbons (Fsp3) is 0.750. The molecule has 0 bridgehead atoms. The third kappa shape index (κ3) is 2.94. The quantitative estimate of drug-likeness (QED) is 0.835. The molecule has 1 atom stereocenters. The lowest BCUT2D eigenvalue weighted by molar-refractivity contribution is -0.153. The zero-order valence-electron chi connectivity index (χ0n) is 11.7. The van der Waals surface area contributed by atoms with Crippen LogP contribution < -0.4 is 0 Å². The Morgan fingerprint density at radius 3 is 2.80 bits per heavy atom. The van der Waals surface area contributed by atoms with Gasteiger partial charge in [0.05, 0.1) is 5.41 Å². The first-order chi connectivity index (χ1) is 9.41. The van der Waals surface area contributed by atoms with Crippen molar-refractivity contribution in [3.05, 3.63) is 6.33 Å². The molecule has 1 aliphatic rings. The molecule has 1 aliphatic heterocycles. The summed E-state index contributed by atoms with van der Waals surface area (Å²) in [7, 11) is 0. The number of carboxylic acids is 1. The lowest BCUT2D eigenvalue weighted by Crippen LogP contribution is -2.47. The van der Waals surface area contributed by atoms with Gasteiger partial charge in [-0.25, -0.2) is 4.68 Å². The molecule has 1 N–H and O–H groups in total. The average Bonchev–Trinajstić information content (AvgIpc) is 2.91. The van der Waals surface area contributed by atoms with Crippen molar-refractivity contribution >= 4 is 11.9 Å². The van der Waals surface area contributed by atoms with Crippen molar-refractivity contribution in [1.82, 2.24) is 25.1 Å². The minimum absolute atomic E-state index is 0.0356. The monoisotopic (exact) mass is 281 g/mol. The van der Waals surface area contributed by atoms with Gasteiger partial charge < -0.3 is 10.0 Å². The maximum absolute atomic E-state index is 12.2. The number of carbonyl (C=O) groups excluding carboxylic acids is 1. The number of carboxylic acid groups (broad SMARTS) is 1. The van der Waals surface area contributed by atoms with E-state index in [1.54, 1.807) is 18.7 Å². The lowest BCUT2D eigenvalue weighted by Gasteiger charge is -2.39. The van der Waals surface area contributed by atoms with E-state index in [2.05, 4.69) is 15.5 Å². The number of rotatable bonds is 4. The van der Waals surface area contributed by atoms with Gasteiger partial charge in [-0.2, -0.15) is 0 Å². The van der Waals surface area contributed by atoms with Crippen LogP contribution >= 0.6 is 0 Å². The summed E-state index contributed by atoms with van der Waals surface area (Å²) >= 11 is 0. The number of aromatic nitrogens is 4. The third-order valence-electron chi connectivity index (χ3n) is 4.03. The van der Waals surface area contributed by atoms with Gasteiger partial charge in [0, 0.05) is 13.1 Å². The van der Waals surface area contributed by atoms with Gasteiger partial charge in [-0.1, -0.05) is 0 Å². The van der Waals surface area contributed by atoms with Crippen LogP contribution in [0.15, 0.2) is 6.33 Å². The Kier molecular flexibility index (Phi) is 4.01. The summed E-state index contributed by atoms with van der Waals surface area (Å²) in [5.41, 5.74) is -0.826. The smallest absolute Gasteiger partial charge is 0.309 e. The molecule has 2 heterocycles. The van der Waals surface area contributed by atoms with Crippen molar-refractivity contribution in [1.29, 1.82) is 0 Å². The van der Waals surface area contributed by atoms with Crippen LogP contribution in [0.5, 0.6) is 0 Å². The topological polar surface area (TPSA) is 101 Å². The van der Waals surface area contributed by atoms with E-state index in [-0.39, 0.29) is 18.4 Å². The first kappa shape index (κ1) is 14.4. The van der Waals surface area contributed by atoms with Gasteiger partial charge >= 0.3 is 5.97 Å². The highest BCUT2D eigenvalue weighted by atomic mass is 16.4. The molecule has 8 heteroatoms. The van der Waals surface area contributed by atoms with Crippen molar-refractivity contribution in [3.63, 3.8) is 0 Å². The molecule has 0 aromatic carbocycles. The Morgan fingerprint density at radius 2 is 2.20 bits per heavy atom. The van der Waals surface area contributed by atoms with E-state index in [1.165, 1.54) is 11.0 Å². The van der Waals surface area contributed by atoms with E-state index in [0.717, 1.165) is 12.8 Å². The molecule has 0 spiro atoms. The summed E-state index contributed by atoms with van der Waals surface area (Å²) in [6, 6.07) is 0. The van der Waals surface area contributed by atoms with E-state index >= 15 is 0 Å². The Morgan fingerprint density at radius 1 is 1.45 bits per heavy atom. The van der Waals surface area contributed by atoms with Crippen LogP contribution in [0, 0.1) is 11.3 Å². The van der Waals surface area contributed by atoms with Crippen molar-refractivity contribution in [2.75, 3.05) is 13.1 Å². The molecule has 1 unspecified atom stereocenters. The highest BCUT2D eigenvalue weighted by Crippen LogP contribution is 2.34. The molecular formula is C12H19N5O3. The Bertz CT molecular complexity index is 485. The molecular weight excluding hydrogens is 262 g/mol. The van der Waals surface area contributed by atoms with Crippen LogP contribution in [-0.2, 0) is 16.1 Å². The Labute approximate surface area is 116 Å². The Balaban J connectivity index is 2.00. The van der Waals surface area contributed by atoms with E-state index in [1.807, 2.05) is 0 Å². The summed E-state index contributed by atoms with van der Waals surface area (Å²) in [6.45, 7) is 4.66. The zero-order chi connectivity index (χ0) is 14.8. The van der Waals surface area contributed by atoms with Gasteiger partial charge in [0.25, 0.3) is 0 Å². The molecule has 1 aromatic heterocycles. The molecule has 1 saturated heterocycles. The van der Waals surface area contributed by atoms with Crippen molar-refractivity contribution in [2.45, 2.75) is 33.2 Å². The van der Waals surface area contributed by atoms with Gasteiger partial charge in [0.15, 0.2) is 0 Å². The standard InChI is InChI=1S/C12H19N5O3/c1-12(2,11(19)20)9-4-3-5-16(6-9)10(18)7-17-8-13-14-15-17/h8-9H,3-7H2,1-2H3,(H,19,20). The molecule has 1 amide bonds. The maximum atomic E-state index is 12.2. The number of aliphatic carboxylic acids is 1. The minimum Gasteiger partial charge on any atom is -0.481 e. The van der Waals surface area contributed by atoms with Crippen LogP contribution in [0.4, 0.5) is 0 Å². The average molecular weight is 281 g/mol. The number of amides is 1. The molecule has 1 aromatic rings. The van der Waals surface area contributed by atoms with Gasteiger partial charge in [-0.3, -0.25) is 9.59 Å². The predicted octanol–water partition coefficient (Wildman–Crippen LogP) is 0.0225. The minimum atomic E-state index is -0.826. The fourth-order valence-corrected chi connectivity index (χ4v) is 2.46. The summed E-state index contributed by atoms with van der Waals surface area (Å²) < 4.78 is 1.37. The van der Waals surface area contributed by atoms with Crippen molar-refractivity contribution in [2.24, 2.45) is 11.3 Å². The van der Waals surface area contributed by atoms with Crippen LogP contribution in [-0.4, -0.2) is 55.2 Å². The van der Waals surface area contributed by atoms with E-state index in [0.29, 0.717) is 13.1 Å². The highest BCUT2D eigenvalue weighted by molar-refractivity contribution is 5.77. The van der Waals surface area contributed by atoms with Crippen molar-refractivity contribution in [3.8, 4) is 0 Å². The van der Waals surface area contributed by atoms with Crippen LogP contribution in [0.1, 0.15) is 26.7 Å².